The molecule has 1 unspecified atom stereocenters. The van der Waals surface area contributed by atoms with Gasteiger partial charge in [-0.2, -0.15) is 13.2 Å². The van der Waals surface area contributed by atoms with E-state index < -0.39 is 11.7 Å². The van der Waals surface area contributed by atoms with Gasteiger partial charge in [-0.15, -0.1) is 0 Å². The van der Waals surface area contributed by atoms with Gasteiger partial charge in [-0.05, 0) is 63.7 Å². The Labute approximate surface area is 215 Å². The molecule has 3 aliphatic heterocycles. The third-order valence-electron chi connectivity index (χ3n) is 7.53. The van der Waals surface area contributed by atoms with Gasteiger partial charge in [-0.1, -0.05) is 11.8 Å². The fourth-order valence-electron chi connectivity index (χ4n) is 5.35. The van der Waals surface area contributed by atoms with E-state index in [9.17, 15) is 13.2 Å². The van der Waals surface area contributed by atoms with Crippen LogP contribution in [0.25, 0.3) is 0 Å². The number of likely N-dealkylation sites (N-methyl/N-ethyl adjacent to an activating group) is 1. The van der Waals surface area contributed by atoms with Crippen LogP contribution in [-0.4, -0.2) is 75.2 Å². The summed E-state index contributed by atoms with van der Waals surface area (Å²) in [5.41, 5.74) is 8.35. The number of halogens is 3. The fourth-order valence-corrected chi connectivity index (χ4v) is 6.45. The Bertz CT molecular complexity index is 1080. The van der Waals surface area contributed by atoms with Gasteiger partial charge in [0.05, 0.1) is 22.6 Å². The lowest BCUT2D eigenvalue weighted by molar-refractivity contribution is -0.137. The van der Waals surface area contributed by atoms with Crippen LogP contribution in [0.1, 0.15) is 24.8 Å². The van der Waals surface area contributed by atoms with Crippen molar-refractivity contribution in [3.05, 3.63) is 35.9 Å². The number of nitrogens with two attached hydrogens (primary N) is 1. The normalized spacial score (nSPS) is 20.9. The number of nitrogens with one attached hydrogen (secondary N) is 2. The number of anilines is 4. The lowest BCUT2D eigenvalue weighted by atomic mass is 10.0. The van der Waals surface area contributed by atoms with Gasteiger partial charge in [-0.25, -0.2) is 0 Å². The summed E-state index contributed by atoms with van der Waals surface area (Å²) in [4.78, 5) is 8.47. The van der Waals surface area contributed by atoms with E-state index in [4.69, 9.17) is 5.73 Å². The van der Waals surface area contributed by atoms with Crippen molar-refractivity contribution in [1.82, 2.24) is 9.80 Å². The van der Waals surface area contributed by atoms with Gasteiger partial charge in [-0.3, -0.25) is 0 Å². The Morgan fingerprint density at radius 1 is 1.08 bits per heavy atom. The highest BCUT2D eigenvalue weighted by molar-refractivity contribution is 7.99. The summed E-state index contributed by atoms with van der Waals surface area (Å²) in [6, 6.07) is 9.43. The van der Waals surface area contributed by atoms with Crippen molar-refractivity contribution in [3.8, 4) is 0 Å². The molecule has 36 heavy (non-hydrogen) atoms. The number of alkyl halides is 3. The van der Waals surface area contributed by atoms with Crippen LogP contribution in [0, 0.1) is 0 Å². The average Bonchev–Trinajstić information content (AvgIpc) is 3.34. The molecule has 0 amide bonds. The predicted molar refractivity (Wildman–Crippen MR) is 142 cm³/mol. The Hall–Kier alpha value is -2.14. The van der Waals surface area contributed by atoms with Crippen molar-refractivity contribution >= 4 is 34.5 Å². The van der Waals surface area contributed by atoms with Crippen LogP contribution in [0.3, 0.4) is 0 Å². The Balaban J connectivity index is 1.39. The number of likely N-dealkylation sites (tertiary alicyclic amines) is 1. The molecular formula is C26H35F3N6S. The number of rotatable bonds is 6. The first-order valence-corrected chi connectivity index (χ1v) is 13.5. The van der Waals surface area contributed by atoms with Crippen LogP contribution in [0.5, 0.6) is 0 Å². The van der Waals surface area contributed by atoms with Crippen molar-refractivity contribution in [2.24, 2.45) is 5.73 Å². The highest BCUT2D eigenvalue weighted by atomic mass is 32.2. The number of hydrogen-bond donors (Lipinski definition) is 3. The fraction of sp³-hybridized carbons (Fsp3) is 0.538. The number of piperidine rings is 1. The highest BCUT2D eigenvalue weighted by Gasteiger charge is 2.34. The van der Waals surface area contributed by atoms with Crippen LogP contribution < -0.4 is 21.3 Å². The molecule has 2 aromatic rings. The summed E-state index contributed by atoms with van der Waals surface area (Å²) in [6.07, 6.45) is -1.55. The van der Waals surface area contributed by atoms with Gasteiger partial charge < -0.3 is 31.1 Å². The molecule has 2 fully saturated rings. The molecule has 1 atom stereocenters. The molecule has 6 nitrogen and oxygen atoms in total. The lowest BCUT2D eigenvalue weighted by Crippen LogP contribution is -2.41. The Kier molecular flexibility index (Phi) is 7.31. The lowest BCUT2D eigenvalue weighted by Gasteiger charge is -2.34. The van der Waals surface area contributed by atoms with Crippen LogP contribution in [0.2, 0.25) is 0 Å². The summed E-state index contributed by atoms with van der Waals surface area (Å²) in [6.45, 7) is 5.21. The Morgan fingerprint density at radius 2 is 1.86 bits per heavy atom. The molecule has 4 N–H and O–H groups in total. The minimum absolute atomic E-state index is 0.127. The van der Waals surface area contributed by atoms with Gasteiger partial charge in [0, 0.05) is 66.8 Å². The zero-order chi connectivity index (χ0) is 25.4. The molecule has 5 rings (SSSR count). The highest BCUT2D eigenvalue weighted by Crippen LogP contribution is 2.50. The number of fused-ring (bicyclic) bond motifs is 2. The number of hydrogen-bond acceptors (Lipinski definition) is 7. The molecule has 3 aliphatic rings. The monoisotopic (exact) mass is 520 g/mol. The van der Waals surface area contributed by atoms with E-state index in [0.717, 1.165) is 73.9 Å². The molecule has 3 heterocycles. The van der Waals surface area contributed by atoms with E-state index >= 15 is 0 Å². The molecule has 0 aliphatic carbocycles. The van der Waals surface area contributed by atoms with Gasteiger partial charge in [0.2, 0.25) is 0 Å². The second-order valence-corrected chi connectivity index (χ2v) is 11.3. The van der Waals surface area contributed by atoms with Crippen molar-refractivity contribution in [2.45, 2.75) is 47.3 Å². The van der Waals surface area contributed by atoms with Crippen LogP contribution >= 0.6 is 11.8 Å². The van der Waals surface area contributed by atoms with E-state index in [0.29, 0.717) is 23.2 Å². The van der Waals surface area contributed by atoms with Gasteiger partial charge in [0.1, 0.15) is 0 Å². The zero-order valence-electron chi connectivity index (χ0n) is 20.9. The largest absolute Gasteiger partial charge is 0.416 e. The van der Waals surface area contributed by atoms with Crippen molar-refractivity contribution in [2.75, 3.05) is 68.9 Å². The maximum atomic E-state index is 13.8. The summed E-state index contributed by atoms with van der Waals surface area (Å²) in [7, 11) is 4.20. The molecule has 0 saturated carbocycles. The molecule has 0 aromatic heterocycles. The SMILES string of the molecule is CN(C)C1CCN(c2ccc3c(c2)Sc2cc(C(F)(F)F)cc(NC4CCN(CCN)CC4)c2N3)C1. The van der Waals surface area contributed by atoms with Crippen molar-refractivity contribution in [1.29, 1.82) is 0 Å². The second-order valence-electron chi connectivity index (χ2n) is 10.2. The van der Waals surface area contributed by atoms with Crippen molar-refractivity contribution in [3.63, 3.8) is 0 Å². The van der Waals surface area contributed by atoms with E-state index in [1.807, 2.05) is 0 Å². The molecule has 10 heteroatoms. The maximum absolute atomic E-state index is 13.8. The molecule has 0 radical (unpaired) electrons. The zero-order valence-corrected chi connectivity index (χ0v) is 21.7. The molecule has 0 bridgehead atoms. The number of benzene rings is 2. The summed E-state index contributed by atoms with van der Waals surface area (Å²) >= 11 is 1.41. The first kappa shape index (κ1) is 25.5. The van der Waals surface area contributed by atoms with E-state index in [1.54, 1.807) is 0 Å². The first-order chi connectivity index (χ1) is 17.2. The van der Waals surface area contributed by atoms with Crippen LogP contribution in [-0.2, 0) is 6.18 Å². The second kappa shape index (κ2) is 10.3. The first-order valence-electron chi connectivity index (χ1n) is 12.7. The third kappa shape index (κ3) is 5.41. The summed E-state index contributed by atoms with van der Waals surface area (Å²) in [5.74, 6) is 0. The summed E-state index contributed by atoms with van der Waals surface area (Å²) in [5, 5.41) is 6.89. The molecule has 0 spiro atoms. The topological polar surface area (TPSA) is 59.8 Å². The van der Waals surface area contributed by atoms with E-state index in [-0.39, 0.29) is 6.04 Å². The number of nitrogens with zero attached hydrogens (tertiary/aromatic N) is 3. The van der Waals surface area contributed by atoms with Gasteiger partial charge >= 0.3 is 6.18 Å². The van der Waals surface area contributed by atoms with Crippen molar-refractivity contribution < 1.29 is 13.2 Å². The average molecular weight is 521 g/mol. The van der Waals surface area contributed by atoms with E-state index in [1.165, 1.54) is 23.9 Å². The maximum Gasteiger partial charge on any atom is 0.416 e. The molecule has 196 valence electrons. The van der Waals surface area contributed by atoms with Crippen LogP contribution in [0.15, 0.2) is 40.1 Å². The minimum Gasteiger partial charge on any atom is -0.380 e. The molecular weight excluding hydrogens is 485 g/mol. The van der Waals surface area contributed by atoms with Crippen LogP contribution in [0.4, 0.5) is 35.9 Å². The quantitative estimate of drug-likeness (QED) is 0.428. The standard InChI is InChI=1S/C26H35F3N6S/c1-33(2)20-7-11-35(16-20)19-3-4-21-23(15-19)36-24-14-17(26(27,28)29)13-22(25(24)32-21)31-18-5-9-34(10-6-18)12-8-30/h3-4,13-15,18,20,31-32H,5-12,16,30H2,1-2H3. The molecule has 2 saturated heterocycles. The van der Waals surface area contributed by atoms with Gasteiger partial charge in [0.25, 0.3) is 0 Å². The minimum atomic E-state index is -4.41. The predicted octanol–water partition coefficient (Wildman–Crippen LogP) is 4.89. The molecule has 2 aromatic carbocycles. The third-order valence-corrected chi connectivity index (χ3v) is 8.63. The Morgan fingerprint density at radius 3 is 2.53 bits per heavy atom. The van der Waals surface area contributed by atoms with E-state index in [2.05, 4.69) is 57.6 Å². The smallest absolute Gasteiger partial charge is 0.380 e. The van der Waals surface area contributed by atoms with Gasteiger partial charge in [0.15, 0.2) is 0 Å². The summed E-state index contributed by atoms with van der Waals surface area (Å²) < 4.78 is 41.5.